The van der Waals surface area contributed by atoms with E-state index in [-0.39, 0.29) is 5.91 Å². The molecule has 0 saturated carbocycles. The predicted molar refractivity (Wildman–Crippen MR) is 68.3 cm³/mol. The van der Waals surface area contributed by atoms with Crippen LogP contribution in [0.15, 0.2) is 12.4 Å². The molecule has 1 amide bonds. The van der Waals surface area contributed by atoms with Crippen LogP contribution in [0, 0.1) is 0 Å². The molecule has 0 saturated heterocycles. The highest BCUT2D eigenvalue weighted by Gasteiger charge is 2.19. The number of H-pyrrole nitrogens is 1. The minimum absolute atomic E-state index is 0.0327. The highest BCUT2D eigenvalue weighted by Crippen LogP contribution is 2.15. The Bertz CT molecular complexity index is 507. The quantitative estimate of drug-likeness (QED) is 0.888. The minimum atomic E-state index is -0.0327. The zero-order valence-corrected chi connectivity index (χ0v) is 11.2. The van der Waals surface area contributed by atoms with Crippen LogP contribution in [0.5, 0.6) is 0 Å². The van der Waals surface area contributed by atoms with E-state index in [4.69, 9.17) is 0 Å². The van der Waals surface area contributed by atoms with E-state index in [1.807, 2.05) is 0 Å². The molecule has 2 aromatic heterocycles. The van der Waals surface area contributed by atoms with Crippen molar-refractivity contribution in [2.45, 2.75) is 26.3 Å². The number of nitrogens with zero attached hydrogens (tertiary/aromatic N) is 4. The molecule has 0 aliphatic carbocycles. The van der Waals surface area contributed by atoms with Gasteiger partial charge in [-0.15, -0.1) is 5.10 Å². The Kier molecular flexibility index (Phi) is 4.03. The molecule has 0 unspecified atom stereocenters. The summed E-state index contributed by atoms with van der Waals surface area (Å²) in [5, 5.41) is 10.6. The molecule has 2 heterocycles. The van der Waals surface area contributed by atoms with E-state index in [9.17, 15) is 4.79 Å². The Morgan fingerprint density at radius 3 is 3.06 bits per heavy atom. The molecule has 1 N–H and O–H groups in total. The molecular formula is C11H15N5OS. The lowest BCUT2D eigenvalue weighted by atomic mass is 10.2. The van der Waals surface area contributed by atoms with E-state index in [2.05, 4.69) is 26.7 Å². The Labute approximate surface area is 109 Å². The molecule has 6 nitrogen and oxygen atoms in total. The second-order valence-electron chi connectivity index (χ2n) is 4.07. The lowest BCUT2D eigenvalue weighted by molar-refractivity contribution is 0.0788. The number of carbonyl (C=O) groups is 1. The molecule has 2 rings (SSSR count). The first kappa shape index (κ1) is 12.7. The van der Waals surface area contributed by atoms with E-state index in [1.54, 1.807) is 24.3 Å². The van der Waals surface area contributed by atoms with Gasteiger partial charge in [0, 0.05) is 25.4 Å². The molecule has 0 fully saturated rings. The van der Waals surface area contributed by atoms with Crippen molar-refractivity contribution in [2.24, 2.45) is 0 Å². The summed E-state index contributed by atoms with van der Waals surface area (Å²) in [6, 6.07) is 0. The minimum Gasteiger partial charge on any atom is -0.336 e. The van der Waals surface area contributed by atoms with Crippen LogP contribution in [0.25, 0.3) is 0 Å². The molecule has 0 aliphatic heterocycles. The molecular weight excluding hydrogens is 250 g/mol. The maximum absolute atomic E-state index is 12.3. The van der Waals surface area contributed by atoms with Crippen LogP contribution in [0.4, 0.5) is 0 Å². The van der Waals surface area contributed by atoms with E-state index >= 15 is 0 Å². The van der Waals surface area contributed by atoms with Crippen LogP contribution < -0.4 is 0 Å². The van der Waals surface area contributed by atoms with Crippen molar-refractivity contribution in [3.63, 3.8) is 0 Å². The summed E-state index contributed by atoms with van der Waals surface area (Å²) in [4.78, 5) is 14.5. The van der Waals surface area contributed by atoms with E-state index in [0.717, 1.165) is 35.6 Å². The van der Waals surface area contributed by atoms with Crippen LogP contribution in [0.2, 0.25) is 0 Å². The lowest BCUT2D eigenvalue weighted by Crippen LogP contribution is -2.26. The number of aryl methyl sites for hydroxylation is 1. The zero-order valence-electron chi connectivity index (χ0n) is 10.4. The van der Waals surface area contributed by atoms with Crippen molar-refractivity contribution in [1.29, 1.82) is 0 Å². The molecule has 0 aromatic carbocycles. The largest absolute Gasteiger partial charge is 0.336 e. The number of hydrogen-bond acceptors (Lipinski definition) is 5. The van der Waals surface area contributed by atoms with E-state index < -0.39 is 0 Å². The molecule has 7 heteroatoms. The third kappa shape index (κ3) is 2.73. The van der Waals surface area contributed by atoms with Crippen molar-refractivity contribution in [2.75, 3.05) is 7.05 Å². The maximum Gasteiger partial charge on any atom is 0.267 e. The standard InChI is InChI=1S/C11H15N5OS/c1-3-4-9-10(18-15-14-9)11(17)16(2)7-8-5-12-13-6-8/h5-6H,3-4,7H2,1-2H3,(H,12,13). The molecule has 18 heavy (non-hydrogen) atoms. The van der Waals surface area contributed by atoms with Crippen molar-refractivity contribution in [3.05, 3.63) is 28.5 Å². The Morgan fingerprint density at radius 2 is 2.39 bits per heavy atom. The van der Waals surface area contributed by atoms with Crippen LogP contribution in [-0.4, -0.2) is 37.6 Å². The third-order valence-electron chi connectivity index (χ3n) is 2.56. The number of rotatable bonds is 5. The number of carbonyl (C=O) groups excluding carboxylic acids is 1. The van der Waals surface area contributed by atoms with Gasteiger partial charge in [0.2, 0.25) is 0 Å². The normalized spacial score (nSPS) is 10.6. The molecule has 0 atom stereocenters. The van der Waals surface area contributed by atoms with Crippen molar-refractivity contribution >= 4 is 17.4 Å². The number of amides is 1. The highest BCUT2D eigenvalue weighted by atomic mass is 32.1. The first-order valence-corrected chi connectivity index (χ1v) is 6.54. The van der Waals surface area contributed by atoms with Crippen LogP contribution >= 0.6 is 11.5 Å². The molecule has 0 radical (unpaired) electrons. The zero-order chi connectivity index (χ0) is 13.0. The predicted octanol–water partition coefficient (Wildman–Crippen LogP) is 1.49. The second kappa shape index (κ2) is 5.72. The average molecular weight is 265 g/mol. The Morgan fingerprint density at radius 1 is 1.56 bits per heavy atom. The van der Waals surface area contributed by atoms with Gasteiger partial charge < -0.3 is 4.90 Å². The molecule has 0 bridgehead atoms. The summed E-state index contributed by atoms with van der Waals surface area (Å²) >= 11 is 1.16. The topological polar surface area (TPSA) is 74.8 Å². The average Bonchev–Trinajstić information content (AvgIpc) is 3.00. The van der Waals surface area contributed by atoms with Gasteiger partial charge >= 0.3 is 0 Å². The number of nitrogens with one attached hydrogen (secondary N) is 1. The summed E-state index contributed by atoms with van der Waals surface area (Å²) in [6.45, 7) is 2.58. The number of hydrogen-bond donors (Lipinski definition) is 1. The summed E-state index contributed by atoms with van der Waals surface area (Å²) in [7, 11) is 1.77. The summed E-state index contributed by atoms with van der Waals surface area (Å²) in [6.07, 6.45) is 5.23. The number of aromatic nitrogens is 4. The van der Waals surface area contributed by atoms with Gasteiger partial charge in [-0.25, -0.2) is 0 Å². The van der Waals surface area contributed by atoms with E-state index in [0.29, 0.717) is 11.4 Å². The lowest BCUT2D eigenvalue weighted by Gasteiger charge is -2.15. The second-order valence-corrected chi connectivity index (χ2v) is 4.82. The summed E-state index contributed by atoms with van der Waals surface area (Å²) in [5.74, 6) is -0.0327. The van der Waals surface area contributed by atoms with Gasteiger partial charge in [0.25, 0.3) is 5.91 Å². The Hall–Kier alpha value is -1.76. The molecule has 0 aliphatic rings. The molecule has 2 aromatic rings. The smallest absolute Gasteiger partial charge is 0.267 e. The highest BCUT2D eigenvalue weighted by molar-refractivity contribution is 7.07. The third-order valence-corrected chi connectivity index (χ3v) is 3.31. The molecule has 0 spiro atoms. The fourth-order valence-electron chi connectivity index (χ4n) is 1.65. The van der Waals surface area contributed by atoms with Gasteiger partial charge in [0.05, 0.1) is 11.9 Å². The van der Waals surface area contributed by atoms with Gasteiger partial charge in [-0.05, 0) is 18.0 Å². The SMILES string of the molecule is CCCc1nnsc1C(=O)N(C)Cc1cn[nH]c1. The van der Waals surface area contributed by atoms with Crippen molar-refractivity contribution in [3.8, 4) is 0 Å². The first-order chi connectivity index (χ1) is 8.72. The van der Waals surface area contributed by atoms with Crippen LogP contribution in [-0.2, 0) is 13.0 Å². The van der Waals surface area contributed by atoms with E-state index in [1.165, 1.54) is 0 Å². The fraction of sp³-hybridized carbons (Fsp3) is 0.455. The monoisotopic (exact) mass is 265 g/mol. The Balaban J connectivity index is 2.08. The van der Waals surface area contributed by atoms with Gasteiger partial charge in [0.15, 0.2) is 0 Å². The molecule has 96 valence electrons. The van der Waals surface area contributed by atoms with Crippen molar-refractivity contribution in [1.82, 2.24) is 24.7 Å². The summed E-state index contributed by atoms with van der Waals surface area (Å²) in [5.41, 5.74) is 1.77. The first-order valence-electron chi connectivity index (χ1n) is 5.76. The summed E-state index contributed by atoms with van der Waals surface area (Å²) < 4.78 is 3.87. The van der Waals surface area contributed by atoms with Gasteiger partial charge in [0.1, 0.15) is 4.88 Å². The van der Waals surface area contributed by atoms with Gasteiger partial charge in [-0.1, -0.05) is 17.8 Å². The van der Waals surface area contributed by atoms with Crippen LogP contribution in [0.3, 0.4) is 0 Å². The van der Waals surface area contributed by atoms with Crippen molar-refractivity contribution < 1.29 is 4.79 Å². The fourth-order valence-corrected chi connectivity index (χ4v) is 2.36. The van der Waals surface area contributed by atoms with Crippen LogP contribution in [0.1, 0.15) is 34.3 Å². The number of aromatic amines is 1. The van der Waals surface area contributed by atoms with Gasteiger partial charge in [-0.2, -0.15) is 5.10 Å². The maximum atomic E-state index is 12.3. The van der Waals surface area contributed by atoms with Gasteiger partial charge in [-0.3, -0.25) is 9.89 Å².